The molecule has 302 valence electrons. The molecule has 0 bridgehead atoms. The molecule has 0 amide bonds. The molecule has 0 atom stereocenters. The lowest BCUT2D eigenvalue weighted by molar-refractivity contribution is 0.950. The van der Waals surface area contributed by atoms with Gasteiger partial charge < -0.3 is 37.9 Å². The Labute approximate surface area is 349 Å². The van der Waals surface area contributed by atoms with Crippen molar-refractivity contribution in [2.24, 2.45) is 7.05 Å². The number of aromatic amines is 3. The number of H-pyrrole nitrogens is 3. The standard InChI is InChI=1S/C13H13N3.2C12H11N3.C11H10N4/c1-7-12-11(8(2)15-13(7)14)9-5-3-4-6-10(9)16-12;1-7-12-8-4-2-3-5-9(8)15-10(12)6-11(13)14-7;1-7-6-9-8-4-2-3-5-10(8)14-12(9)15-11(7)13;1-15-10-9(14-11(15)12)6-7-4-2-3-5-8(7)13-10/h3-6,16H,1-2H3,(H2,14,15);2-6,15H,1H3,(H2,13,14);2-6H,1H3,(H3,13,14,15);2-6H,1H3,(H2,12,14). The van der Waals surface area contributed by atoms with Crippen LogP contribution >= 0.6 is 0 Å². The average molecular weight is 804 g/mol. The number of para-hydroxylation sites is 4. The van der Waals surface area contributed by atoms with Gasteiger partial charge in [-0.05, 0) is 69.7 Å². The summed E-state index contributed by atoms with van der Waals surface area (Å²) in [4.78, 5) is 31.8. The smallest absolute Gasteiger partial charge is 0.202 e. The third-order valence-corrected chi connectivity index (χ3v) is 11.1. The van der Waals surface area contributed by atoms with E-state index in [1.54, 1.807) is 4.57 Å². The number of nitrogens with zero attached hydrogens (tertiary/aromatic N) is 6. The second kappa shape index (κ2) is 15.2. The van der Waals surface area contributed by atoms with E-state index >= 15 is 0 Å². The molecule has 0 aliphatic heterocycles. The highest BCUT2D eigenvalue weighted by atomic mass is 15.2. The third-order valence-electron chi connectivity index (χ3n) is 11.1. The number of hydrogen-bond donors (Lipinski definition) is 7. The van der Waals surface area contributed by atoms with Crippen LogP contribution in [0.5, 0.6) is 0 Å². The van der Waals surface area contributed by atoms with Gasteiger partial charge in [-0.15, -0.1) is 0 Å². The van der Waals surface area contributed by atoms with Crippen molar-refractivity contribution in [1.82, 2.24) is 44.4 Å². The number of pyridine rings is 4. The number of aryl methyl sites for hydroxylation is 5. The normalized spacial score (nSPS) is 11.3. The van der Waals surface area contributed by atoms with Gasteiger partial charge in [0, 0.05) is 84.3 Å². The summed E-state index contributed by atoms with van der Waals surface area (Å²) in [5.74, 6) is 2.25. The fourth-order valence-electron chi connectivity index (χ4n) is 7.95. The number of aromatic nitrogens is 9. The number of imidazole rings is 1. The van der Waals surface area contributed by atoms with E-state index in [-0.39, 0.29) is 0 Å². The molecule has 8 heterocycles. The van der Waals surface area contributed by atoms with Crippen LogP contribution in [-0.4, -0.2) is 44.4 Å². The zero-order valence-electron chi connectivity index (χ0n) is 34.5. The summed E-state index contributed by atoms with van der Waals surface area (Å²) < 4.78 is 1.79. The van der Waals surface area contributed by atoms with Gasteiger partial charge in [0.2, 0.25) is 5.95 Å². The van der Waals surface area contributed by atoms with Crippen LogP contribution in [0.25, 0.3) is 87.6 Å². The number of nitrogen functional groups attached to an aromatic ring is 4. The zero-order valence-corrected chi connectivity index (χ0v) is 34.5. The molecule has 0 fully saturated rings. The molecule has 61 heavy (non-hydrogen) atoms. The summed E-state index contributed by atoms with van der Waals surface area (Å²) in [6, 6.07) is 38.6. The Hall–Kier alpha value is -8.19. The highest BCUT2D eigenvalue weighted by Crippen LogP contribution is 2.32. The van der Waals surface area contributed by atoms with Gasteiger partial charge in [0.25, 0.3) is 0 Å². The SMILES string of the molecule is Cc1c(N)nc(C)c2c1[nH]c1ccccc12.Cc1cc2c(nc1N)[nH]c1ccccc12.Cc1nc(N)cc2[nH]c3ccccc3c12.Cn1c(N)nc2cc3ccccc3nc21. The predicted octanol–water partition coefficient (Wildman–Crippen LogP) is 9.83. The zero-order chi connectivity index (χ0) is 42.5. The van der Waals surface area contributed by atoms with Crippen LogP contribution in [0.3, 0.4) is 0 Å². The maximum atomic E-state index is 5.88. The highest BCUT2D eigenvalue weighted by molar-refractivity contribution is 6.11. The van der Waals surface area contributed by atoms with Crippen molar-refractivity contribution in [3.63, 3.8) is 0 Å². The average Bonchev–Trinajstić information content (AvgIpc) is 4.00. The Bertz CT molecular complexity index is 3600. The first-order chi connectivity index (χ1) is 29.4. The van der Waals surface area contributed by atoms with Crippen LogP contribution in [0.4, 0.5) is 23.4 Å². The molecule has 8 aromatic heterocycles. The third kappa shape index (κ3) is 6.97. The first kappa shape index (κ1) is 38.3. The maximum absolute atomic E-state index is 5.88. The lowest BCUT2D eigenvalue weighted by atomic mass is 10.1. The molecule has 0 aliphatic rings. The molecule has 11 N–H and O–H groups in total. The lowest BCUT2D eigenvalue weighted by Crippen LogP contribution is -1.97. The summed E-state index contributed by atoms with van der Waals surface area (Å²) in [6.45, 7) is 7.96. The van der Waals surface area contributed by atoms with E-state index in [2.05, 4.69) is 76.3 Å². The van der Waals surface area contributed by atoms with Gasteiger partial charge in [-0.25, -0.2) is 24.9 Å². The molecular weight excluding hydrogens is 759 g/mol. The minimum Gasteiger partial charge on any atom is -0.384 e. The Balaban J connectivity index is 0.000000104. The number of fused-ring (bicyclic) bond motifs is 11. The molecule has 0 saturated heterocycles. The topological polar surface area (TPSA) is 221 Å². The second-order valence-corrected chi connectivity index (χ2v) is 15.2. The molecule has 13 nitrogen and oxygen atoms in total. The second-order valence-electron chi connectivity index (χ2n) is 15.2. The van der Waals surface area contributed by atoms with Crippen molar-refractivity contribution in [3.05, 3.63) is 138 Å². The molecule has 0 spiro atoms. The monoisotopic (exact) mass is 803 g/mol. The number of benzene rings is 4. The number of nitrogens with one attached hydrogen (secondary N) is 3. The van der Waals surface area contributed by atoms with Crippen LogP contribution in [0, 0.1) is 27.7 Å². The summed E-state index contributed by atoms with van der Waals surface area (Å²) in [7, 11) is 1.87. The quantitative estimate of drug-likeness (QED) is 0.0774. The summed E-state index contributed by atoms with van der Waals surface area (Å²) >= 11 is 0. The van der Waals surface area contributed by atoms with E-state index in [9.17, 15) is 0 Å². The van der Waals surface area contributed by atoms with Gasteiger partial charge in [0.15, 0.2) is 5.65 Å². The van der Waals surface area contributed by atoms with Gasteiger partial charge in [-0.2, -0.15) is 0 Å². The summed E-state index contributed by atoms with van der Waals surface area (Å²) in [6.07, 6.45) is 0. The minimum absolute atomic E-state index is 0.493. The van der Waals surface area contributed by atoms with Crippen LogP contribution < -0.4 is 22.9 Å². The summed E-state index contributed by atoms with van der Waals surface area (Å²) in [5, 5.41) is 8.19. The van der Waals surface area contributed by atoms with E-state index < -0.39 is 0 Å². The largest absolute Gasteiger partial charge is 0.384 e. The Kier molecular flexibility index (Phi) is 9.55. The van der Waals surface area contributed by atoms with Gasteiger partial charge in [0.1, 0.15) is 28.6 Å². The molecule has 12 aromatic rings. The van der Waals surface area contributed by atoms with E-state index in [1.165, 1.54) is 26.9 Å². The Morgan fingerprint density at radius 1 is 0.492 bits per heavy atom. The molecule has 0 radical (unpaired) electrons. The van der Waals surface area contributed by atoms with E-state index in [0.29, 0.717) is 23.4 Å². The van der Waals surface area contributed by atoms with Gasteiger partial charge in [-0.3, -0.25) is 4.57 Å². The van der Waals surface area contributed by atoms with E-state index in [4.69, 9.17) is 22.9 Å². The Morgan fingerprint density at radius 3 is 1.84 bits per heavy atom. The van der Waals surface area contributed by atoms with Gasteiger partial charge in [-0.1, -0.05) is 72.8 Å². The molecule has 0 aliphatic carbocycles. The number of rotatable bonds is 0. The van der Waals surface area contributed by atoms with Crippen molar-refractivity contribution in [1.29, 1.82) is 0 Å². The number of hydrogen-bond acceptors (Lipinski definition) is 9. The lowest BCUT2D eigenvalue weighted by Gasteiger charge is -2.03. The van der Waals surface area contributed by atoms with Crippen molar-refractivity contribution >= 4 is 111 Å². The molecule has 4 aromatic carbocycles. The van der Waals surface area contributed by atoms with Crippen molar-refractivity contribution in [2.45, 2.75) is 27.7 Å². The van der Waals surface area contributed by atoms with E-state index in [1.807, 2.05) is 114 Å². The maximum Gasteiger partial charge on any atom is 0.202 e. The van der Waals surface area contributed by atoms with E-state index in [0.717, 1.165) is 83.2 Å². The van der Waals surface area contributed by atoms with Crippen LogP contribution in [0.2, 0.25) is 0 Å². The number of nitrogens with two attached hydrogens (primary N) is 4. The fraction of sp³-hybridized carbons (Fsp3) is 0.104. The number of anilines is 4. The van der Waals surface area contributed by atoms with Gasteiger partial charge in [0.05, 0.1) is 16.6 Å². The fourth-order valence-corrected chi connectivity index (χ4v) is 7.95. The minimum atomic E-state index is 0.493. The molecule has 0 unspecified atom stereocenters. The highest BCUT2D eigenvalue weighted by Gasteiger charge is 2.12. The molecule has 13 heteroatoms. The van der Waals surface area contributed by atoms with Crippen molar-refractivity contribution in [2.75, 3.05) is 22.9 Å². The van der Waals surface area contributed by atoms with Crippen molar-refractivity contribution < 1.29 is 0 Å². The van der Waals surface area contributed by atoms with Gasteiger partial charge >= 0.3 is 0 Å². The summed E-state index contributed by atoms with van der Waals surface area (Å²) in [5.41, 5.74) is 36.1. The first-order valence-electron chi connectivity index (χ1n) is 19.8. The first-order valence-corrected chi connectivity index (χ1v) is 19.8. The van der Waals surface area contributed by atoms with Crippen LogP contribution in [0.15, 0.2) is 115 Å². The molecule has 12 rings (SSSR count). The molecular formula is C48H45N13. The molecule has 0 saturated carbocycles. The Morgan fingerprint density at radius 2 is 1.10 bits per heavy atom. The van der Waals surface area contributed by atoms with Crippen LogP contribution in [-0.2, 0) is 7.05 Å². The predicted molar refractivity (Wildman–Crippen MR) is 253 cm³/mol. The van der Waals surface area contributed by atoms with Crippen LogP contribution in [0.1, 0.15) is 22.5 Å². The van der Waals surface area contributed by atoms with Crippen molar-refractivity contribution in [3.8, 4) is 0 Å².